The fraction of sp³-hybridized carbons (Fsp3) is 0.391. The average Bonchev–Trinajstić information content (AvgIpc) is 2.72. The van der Waals surface area contributed by atoms with Gasteiger partial charge in [-0.2, -0.15) is 0 Å². The topological polar surface area (TPSA) is 41.9 Å². The van der Waals surface area contributed by atoms with Gasteiger partial charge in [-0.05, 0) is 36.6 Å². The van der Waals surface area contributed by atoms with Crippen molar-refractivity contribution >= 4 is 39.4 Å². The van der Waals surface area contributed by atoms with Crippen molar-refractivity contribution in [3.63, 3.8) is 0 Å². The lowest BCUT2D eigenvalue weighted by molar-refractivity contribution is -0.128. The maximum atomic E-state index is 12.8. The van der Waals surface area contributed by atoms with Crippen molar-refractivity contribution in [2.24, 2.45) is 10.9 Å². The monoisotopic (exact) mass is 474 g/mol. The minimum Gasteiger partial charge on any atom is -0.496 e. The van der Waals surface area contributed by atoms with Crippen LogP contribution in [-0.2, 0) is 10.5 Å². The van der Waals surface area contributed by atoms with E-state index in [2.05, 4.69) is 48.0 Å². The number of nitrogens with zero attached hydrogens (tertiary/aromatic N) is 2. The number of halogens is 1. The largest absolute Gasteiger partial charge is 0.496 e. The summed E-state index contributed by atoms with van der Waals surface area (Å²) in [5.41, 5.74) is 2.16. The molecule has 4 nitrogen and oxygen atoms in total. The number of carbonyl (C=O) groups is 1. The van der Waals surface area contributed by atoms with E-state index in [-0.39, 0.29) is 5.91 Å². The molecule has 0 unspecified atom stereocenters. The predicted octanol–water partition coefficient (Wildman–Crippen LogP) is 5.78. The first-order chi connectivity index (χ1) is 14.0. The Kier molecular flexibility index (Phi) is 7.78. The Morgan fingerprint density at radius 3 is 2.83 bits per heavy atom. The Balaban J connectivity index is 1.86. The minimum absolute atomic E-state index is 0.159. The van der Waals surface area contributed by atoms with Crippen molar-refractivity contribution in [1.29, 1.82) is 0 Å². The first kappa shape index (κ1) is 21.9. The molecule has 6 heteroatoms. The molecule has 0 saturated heterocycles. The number of aliphatic imine (C=N–C) groups is 1. The van der Waals surface area contributed by atoms with E-state index in [1.54, 1.807) is 18.9 Å². The van der Waals surface area contributed by atoms with Gasteiger partial charge in [-0.3, -0.25) is 14.7 Å². The molecule has 0 saturated carbocycles. The van der Waals surface area contributed by atoms with Gasteiger partial charge in [0.05, 0.1) is 7.11 Å². The number of methoxy groups -OCH3 is 1. The van der Waals surface area contributed by atoms with E-state index >= 15 is 0 Å². The molecule has 29 heavy (non-hydrogen) atoms. The van der Waals surface area contributed by atoms with Crippen LogP contribution >= 0.6 is 27.7 Å². The van der Waals surface area contributed by atoms with E-state index in [1.165, 1.54) is 0 Å². The number of ether oxygens (including phenoxy) is 1. The van der Waals surface area contributed by atoms with E-state index < -0.39 is 0 Å². The van der Waals surface area contributed by atoms with E-state index in [0.717, 1.165) is 57.3 Å². The van der Waals surface area contributed by atoms with E-state index in [4.69, 9.17) is 9.73 Å². The van der Waals surface area contributed by atoms with Crippen molar-refractivity contribution < 1.29 is 9.53 Å². The Bertz CT molecular complexity index is 898. The van der Waals surface area contributed by atoms with Crippen molar-refractivity contribution in [1.82, 2.24) is 4.90 Å². The van der Waals surface area contributed by atoms with Gasteiger partial charge in [0, 0.05) is 45.8 Å². The SMILES string of the molecule is COc1ccc(Br)cc1CSc1ccccc1C1=NCCCN1C(=O)CC(C)C. The van der Waals surface area contributed by atoms with Gasteiger partial charge in [-0.1, -0.05) is 48.0 Å². The normalized spacial score (nSPS) is 14.1. The third kappa shape index (κ3) is 5.64. The van der Waals surface area contributed by atoms with Crippen LogP contribution in [0.5, 0.6) is 5.75 Å². The van der Waals surface area contributed by atoms with Crippen LogP contribution in [-0.4, -0.2) is 36.8 Å². The molecule has 154 valence electrons. The zero-order valence-corrected chi connectivity index (χ0v) is 19.6. The standard InChI is InChI=1S/C23H27BrN2O2S/c1-16(2)13-22(27)26-12-6-11-25-23(26)19-7-4-5-8-21(19)29-15-17-14-18(24)9-10-20(17)28-3/h4-5,7-10,14,16H,6,11-13,15H2,1-3H3. The molecule has 2 aromatic carbocycles. The van der Waals surface area contributed by atoms with Gasteiger partial charge < -0.3 is 4.74 Å². The molecule has 0 fully saturated rings. The highest BCUT2D eigenvalue weighted by atomic mass is 79.9. The molecular weight excluding hydrogens is 448 g/mol. The maximum absolute atomic E-state index is 12.8. The Morgan fingerprint density at radius 2 is 2.07 bits per heavy atom. The Hall–Kier alpha value is -1.79. The van der Waals surface area contributed by atoms with Gasteiger partial charge in [0.25, 0.3) is 0 Å². The summed E-state index contributed by atoms with van der Waals surface area (Å²) in [4.78, 5) is 20.6. The zero-order chi connectivity index (χ0) is 20.8. The predicted molar refractivity (Wildman–Crippen MR) is 124 cm³/mol. The lowest BCUT2D eigenvalue weighted by Crippen LogP contribution is -2.41. The van der Waals surface area contributed by atoms with Gasteiger partial charge in [0.1, 0.15) is 11.6 Å². The number of hydrogen-bond acceptors (Lipinski definition) is 4. The molecule has 1 aliphatic heterocycles. The fourth-order valence-electron chi connectivity index (χ4n) is 3.33. The number of thioether (sulfide) groups is 1. The summed E-state index contributed by atoms with van der Waals surface area (Å²) < 4.78 is 6.54. The second-order valence-electron chi connectivity index (χ2n) is 7.44. The maximum Gasteiger partial charge on any atom is 0.228 e. The summed E-state index contributed by atoms with van der Waals surface area (Å²) in [5.74, 6) is 2.95. The second kappa shape index (κ2) is 10.3. The number of amides is 1. The number of rotatable bonds is 7. The molecule has 0 bridgehead atoms. The lowest BCUT2D eigenvalue weighted by atomic mass is 10.1. The molecule has 0 atom stereocenters. The molecule has 1 amide bonds. The molecule has 0 radical (unpaired) electrons. The smallest absolute Gasteiger partial charge is 0.228 e. The van der Waals surface area contributed by atoms with Gasteiger partial charge in [-0.25, -0.2) is 0 Å². The van der Waals surface area contributed by atoms with Gasteiger partial charge >= 0.3 is 0 Å². The van der Waals surface area contributed by atoms with Crippen LogP contribution in [0.4, 0.5) is 0 Å². The van der Waals surface area contributed by atoms with Crippen molar-refractivity contribution in [2.75, 3.05) is 20.2 Å². The van der Waals surface area contributed by atoms with Gasteiger partial charge in [-0.15, -0.1) is 11.8 Å². The highest BCUT2D eigenvalue weighted by Crippen LogP contribution is 2.33. The molecule has 1 heterocycles. The summed E-state index contributed by atoms with van der Waals surface area (Å²) in [5, 5.41) is 0. The first-order valence-electron chi connectivity index (χ1n) is 9.89. The summed E-state index contributed by atoms with van der Waals surface area (Å²) >= 11 is 5.28. The van der Waals surface area contributed by atoms with E-state index in [0.29, 0.717) is 12.3 Å². The molecule has 0 spiro atoms. The number of benzene rings is 2. The van der Waals surface area contributed by atoms with Crippen LogP contribution < -0.4 is 4.74 Å². The lowest BCUT2D eigenvalue weighted by Gasteiger charge is -2.29. The first-order valence-corrected chi connectivity index (χ1v) is 11.7. The minimum atomic E-state index is 0.159. The number of amidine groups is 1. The van der Waals surface area contributed by atoms with Crippen LogP contribution in [0, 0.1) is 5.92 Å². The van der Waals surface area contributed by atoms with Crippen LogP contribution in [0.2, 0.25) is 0 Å². The van der Waals surface area contributed by atoms with Crippen molar-refractivity contribution in [2.45, 2.75) is 37.3 Å². The fourth-order valence-corrected chi connectivity index (χ4v) is 4.77. The van der Waals surface area contributed by atoms with E-state index in [9.17, 15) is 4.79 Å². The van der Waals surface area contributed by atoms with Crippen LogP contribution in [0.25, 0.3) is 0 Å². The third-order valence-corrected chi connectivity index (χ3v) is 6.31. The van der Waals surface area contributed by atoms with Crippen LogP contribution in [0.1, 0.15) is 37.8 Å². The highest BCUT2D eigenvalue weighted by Gasteiger charge is 2.25. The second-order valence-corrected chi connectivity index (χ2v) is 9.38. The number of hydrogen-bond donors (Lipinski definition) is 0. The zero-order valence-electron chi connectivity index (χ0n) is 17.2. The molecular formula is C23H27BrN2O2S. The Labute approximate surface area is 185 Å². The van der Waals surface area contributed by atoms with Gasteiger partial charge in [0.2, 0.25) is 5.91 Å². The Morgan fingerprint density at radius 1 is 1.28 bits per heavy atom. The molecule has 0 aliphatic carbocycles. The average molecular weight is 475 g/mol. The third-order valence-electron chi connectivity index (χ3n) is 4.69. The van der Waals surface area contributed by atoms with Crippen LogP contribution in [0.3, 0.4) is 0 Å². The molecule has 1 aliphatic rings. The molecule has 3 rings (SSSR count). The van der Waals surface area contributed by atoms with Crippen molar-refractivity contribution in [3.05, 3.63) is 58.1 Å². The van der Waals surface area contributed by atoms with Gasteiger partial charge in [0.15, 0.2) is 0 Å². The van der Waals surface area contributed by atoms with Crippen molar-refractivity contribution in [3.8, 4) is 5.75 Å². The summed E-state index contributed by atoms with van der Waals surface area (Å²) in [6, 6.07) is 14.3. The highest BCUT2D eigenvalue weighted by molar-refractivity contribution is 9.10. The molecule has 2 aromatic rings. The molecule has 0 aromatic heterocycles. The summed E-state index contributed by atoms with van der Waals surface area (Å²) in [6.45, 7) is 5.66. The van der Waals surface area contributed by atoms with Crippen LogP contribution in [0.15, 0.2) is 56.8 Å². The quantitative estimate of drug-likeness (QED) is 0.477. The number of carbonyl (C=O) groups excluding carboxylic acids is 1. The van der Waals surface area contributed by atoms with E-state index in [1.807, 2.05) is 29.2 Å². The summed E-state index contributed by atoms with van der Waals surface area (Å²) in [7, 11) is 1.69. The molecule has 0 N–H and O–H groups in total. The summed E-state index contributed by atoms with van der Waals surface area (Å²) in [6.07, 6.45) is 1.46.